The van der Waals surface area contributed by atoms with Crippen molar-refractivity contribution in [2.24, 2.45) is 0 Å². The highest BCUT2D eigenvalue weighted by molar-refractivity contribution is 5.40. The molecule has 70 valence electrons. The van der Waals surface area contributed by atoms with Crippen LogP contribution in [0.4, 0.5) is 5.69 Å². The molecule has 0 heterocycles. The van der Waals surface area contributed by atoms with Gasteiger partial charge in [-0.2, -0.15) is 0 Å². The first-order valence-electron chi connectivity index (χ1n) is 4.25. The van der Waals surface area contributed by atoms with E-state index in [2.05, 4.69) is 6.58 Å². The molecule has 1 aromatic rings. The second-order valence-electron chi connectivity index (χ2n) is 3.39. The zero-order chi connectivity index (χ0) is 9.90. The number of hydrogen-bond donors (Lipinski definition) is 2. The summed E-state index contributed by atoms with van der Waals surface area (Å²) in [6.07, 6.45) is 2.24. The molecule has 0 aromatic heterocycles. The third-order valence-corrected chi connectivity index (χ3v) is 2.07. The van der Waals surface area contributed by atoms with Crippen molar-refractivity contribution < 1.29 is 5.11 Å². The highest BCUT2D eigenvalue weighted by Crippen LogP contribution is 2.25. The van der Waals surface area contributed by atoms with Gasteiger partial charge in [-0.1, -0.05) is 18.2 Å². The third-order valence-electron chi connectivity index (χ3n) is 2.07. The van der Waals surface area contributed by atoms with Crippen molar-refractivity contribution >= 4 is 5.69 Å². The molecule has 0 amide bonds. The number of aliphatic hydroxyl groups is 1. The lowest BCUT2D eigenvalue weighted by molar-refractivity contribution is 0.0607. The molecule has 2 heteroatoms. The number of nitrogens with two attached hydrogens (primary N) is 1. The maximum absolute atomic E-state index is 9.96. The van der Waals surface area contributed by atoms with Crippen molar-refractivity contribution in [1.82, 2.24) is 0 Å². The van der Waals surface area contributed by atoms with Crippen LogP contribution >= 0.6 is 0 Å². The van der Waals surface area contributed by atoms with E-state index >= 15 is 0 Å². The average Bonchev–Trinajstić information content (AvgIpc) is 2.05. The second-order valence-corrected chi connectivity index (χ2v) is 3.39. The predicted octanol–water partition coefficient (Wildman–Crippen LogP) is 2.05. The van der Waals surface area contributed by atoms with Crippen LogP contribution in [0.25, 0.3) is 0 Å². The van der Waals surface area contributed by atoms with E-state index in [9.17, 15) is 5.11 Å². The molecule has 13 heavy (non-hydrogen) atoms. The summed E-state index contributed by atoms with van der Waals surface area (Å²) in [5.74, 6) is 0. The topological polar surface area (TPSA) is 46.2 Å². The molecule has 0 aliphatic heterocycles. The molecule has 0 aliphatic rings. The monoisotopic (exact) mass is 177 g/mol. The van der Waals surface area contributed by atoms with Gasteiger partial charge < -0.3 is 10.8 Å². The number of anilines is 1. The van der Waals surface area contributed by atoms with Gasteiger partial charge in [0, 0.05) is 5.69 Å². The number of benzene rings is 1. The SMILES string of the molecule is C=CCC(C)(O)c1ccc(N)cc1. The molecule has 1 atom stereocenters. The molecule has 0 fully saturated rings. The van der Waals surface area contributed by atoms with Crippen LogP contribution in [0.3, 0.4) is 0 Å². The molecular weight excluding hydrogens is 162 g/mol. The zero-order valence-corrected chi connectivity index (χ0v) is 7.83. The Morgan fingerprint density at radius 2 is 2.00 bits per heavy atom. The molecule has 2 nitrogen and oxygen atoms in total. The van der Waals surface area contributed by atoms with Gasteiger partial charge >= 0.3 is 0 Å². The molecular formula is C11H15NO. The fourth-order valence-electron chi connectivity index (χ4n) is 1.24. The number of rotatable bonds is 3. The summed E-state index contributed by atoms with van der Waals surface area (Å²) in [4.78, 5) is 0. The first kappa shape index (κ1) is 9.81. The van der Waals surface area contributed by atoms with Gasteiger partial charge in [0.15, 0.2) is 0 Å². The molecule has 0 radical (unpaired) electrons. The molecule has 0 bridgehead atoms. The van der Waals surface area contributed by atoms with Crippen LogP contribution in [0.5, 0.6) is 0 Å². The normalized spacial score (nSPS) is 14.9. The molecule has 0 saturated carbocycles. The van der Waals surface area contributed by atoms with E-state index in [1.807, 2.05) is 12.1 Å². The lowest BCUT2D eigenvalue weighted by Crippen LogP contribution is -2.19. The van der Waals surface area contributed by atoms with Crippen LogP contribution in [0.2, 0.25) is 0 Å². The van der Waals surface area contributed by atoms with Crippen LogP contribution in [-0.2, 0) is 5.60 Å². The Bertz CT molecular complexity index is 287. The Morgan fingerprint density at radius 1 is 1.46 bits per heavy atom. The summed E-state index contributed by atoms with van der Waals surface area (Å²) in [5.41, 5.74) is 6.27. The van der Waals surface area contributed by atoms with E-state index in [4.69, 9.17) is 5.73 Å². The molecule has 1 rings (SSSR count). The van der Waals surface area contributed by atoms with Gasteiger partial charge in [0.2, 0.25) is 0 Å². The van der Waals surface area contributed by atoms with Crippen molar-refractivity contribution in [2.75, 3.05) is 5.73 Å². The van der Waals surface area contributed by atoms with Crippen LogP contribution < -0.4 is 5.73 Å². The highest BCUT2D eigenvalue weighted by Gasteiger charge is 2.20. The fourth-order valence-corrected chi connectivity index (χ4v) is 1.24. The van der Waals surface area contributed by atoms with Gasteiger partial charge in [-0.25, -0.2) is 0 Å². The zero-order valence-electron chi connectivity index (χ0n) is 7.83. The van der Waals surface area contributed by atoms with E-state index in [0.717, 1.165) is 5.56 Å². The average molecular weight is 177 g/mol. The summed E-state index contributed by atoms with van der Waals surface area (Å²) in [7, 11) is 0. The summed E-state index contributed by atoms with van der Waals surface area (Å²) < 4.78 is 0. The standard InChI is InChI=1S/C11H15NO/c1-3-8-11(2,13)9-4-6-10(12)7-5-9/h3-7,13H,1,8,12H2,2H3. The van der Waals surface area contributed by atoms with Crippen molar-refractivity contribution in [1.29, 1.82) is 0 Å². The van der Waals surface area contributed by atoms with Crippen LogP contribution in [0, 0.1) is 0 Å². The van der Waals surface area contributed by atoms with Gasteiger partial charge in [0.25, 0.3) is 0 Å². The van der Waals surface area contributed by atoms with Crippen molar-refractivity contribution in [2.45, 2.75) is 18.9 Å². The Hall–Kier alpha value is -1.28. The Kier molecular flexibility index (Phi) is 2.73. The van der Waals surface area contributed by atoms with E-state index in [0.29, 0.717) is 12.1 Å². The van der Waals surface area contributed by atoms with E-state index in [-0.39, 0.29) is 0 Å². The van der Waals surface area contributed by atoms with Gasteiger partial charge in [-0.3, -0.25) is 0 Å². The molecule has 0 aliphatic carbocycles. The Labute approximate surface area is 78.7 Å². The first-order chi connectivity index (χ1) is 6.06. The minimum Gasteiger partial charge on any atom is -0.399 e. The van der Waals surface area contributed by atoms with Crippen molar-refractivity contribution in [3.63, 3.8) is 0 Å². The fraction of sp³-hybridized carbons (Fsp3) is 0.273. The number of hydrogen-bond acceptors (Lipinski definition) is 2. The minimum absolute atomic E-state index is 0.539. The molecule has 0 spiro atoms. The Morgan fingerprint density at radius 3 is 2.46 bits per heavy atom. The van der Waals surface area contributed by atoms with Gasteiger partial charge in [0.05, 0.1) is 5.60 Å². The Balaban J connectivity index is 2.93. The van der Waals surface area contributed by atoms with Gasteiger partial charge in [0.1, 0.15) is 0 Å². The van der Waals surface area contributed by atoms with E-state index < -0.39 is 5.60 Å². The van der Waals surface area contributed by atoms with Crippen molar-refractivity contribution in [3.8, 4) is 0 Å². The maximum atomic E-state index is 9.96. The highest BCUT2D eigenvalue weighted by atomic mass is 16.3. The summed E-state index contributed by atoms with van der Waals surface area (Å²) in [5, 5.41) is 9.96. The first-order valence-corrected chi connectivity index (χ1v) is 4.25. The van der Waals surface area contributed by atoms with Crippen molar-refractivity contribution in [3.05, 3.63) is 42.5 Å². The summed E-state index contributed by atoms with van der Waals surface area (Å²) >= 11 is 0. The van der Waals surface area contributed by atoms with Crippen LogP contribution in [0.1, 0.15) is 18.9 Å². The lowest BCUT2D eigenvalue weighted by atomic mass is 9.92. The molecule has 1 unspecified atom stereocenters. The van der Waals surface area contributed by atoms with E-state index in [1.165, 1.54) is 0 Å². The van der Waals surface area contributed by atoms with Crippen LogP contribution in [0.15, 0.2) is 36.9 Å². The molecule has 0 saturated heterocycles. The second kappa shape index (κ2) is 3.62. The predicted molar refractivity (Wildman–Crippen MR) is 55.2 cm³/mol. The van der Waals surface area contributed by atoms with Gasteiger partial charge in [-0.15, -0.1) is 6.58 Å². The summed E-state index contributed by atoms with van der Waals surface area (Å²) in [6.45, 7) is 5.37. The van der Waals surface area contributed by atoms with E-state index in [1.54, 1.807) is 25.1 Å². The molecule has 3 N–H and O–H groups in total. The summed E-state index contributed by atoms with van der Waals surface area (Å²) in [6, 6.07) is 7.23. The largest absolute Gasteiger partial charge is 0.399 e. The lowest BCUT2D eigenvalue weighted by Gasteiger charge is -2.22. The third kappa shape index (κ3) is 2.33. The minimum atomic E-state index is -0.838. The molecule has 1 aromatic carbocycles. The quantitative estimate of drug-likeness (QED) is 0.548. The van der Waals surface area contributed by atoms with Crippen LogP contribution in [-0.4, -0.2) is 5.11 Å². The van der Waals surface area contributed by atoms with Gasteiger partial charge in [-0.05, 0) is 31.0 Å². The number of nitrogen functional groups attached to an aromatic ring is 1. The smallest absolute Gasteiger partial charge is 0.0902 e. The maximum Gasteiger partial charge on any atom is 0.0902 e.